The normalized spacial score (nSPS) is 11.9. The summed E-state index contributed by atoms with van der Waals surface area (Å²) in [7, 11) is 0. The molecule has 0 unspecified atom stereocenters. The van der Waals surface area contributed by atoms with Crippen molar-refractivity contribution >= 4 is 22.7 Å². The minimum Gasteiger partial charge on any atom is -0.338 e. The van der Waals surface area contributed by atoms with Gasteiger partial charge in [0.2, 0.25) is 5.89 Å². The number of fused-ring (bicyclic) bond motifs is 1. The fourth-order valence-corrected chi connectivity index (χ4v) is 3.62. The van der Waals surface area contributed by atoms with E-state index in [9.17, 15) is 9.18 Å². The Bertz CT molecular complexity index is 1230. The number of halogens is 1. The summed E-state index contributed by atoms with van der Waals surface area (Å²) in [5.41, 5.74) is 0.701. The molecule has 0 N–H and O–H groups in total. The van der Waals surface area contributed by atoms with Crippen LogP contribution in [0.1, 0.15) is 32.5 Å². The van der Waals surface area contributed by atoms with Gasteiger partial charge in [-0.1, -0.05) is 49.8 Å². The van der Waals surface area contributed by atoms with Gasteiger partial charge < -0.3 is 4.52 Å². The maximum Gasteiger partial charge on any atom is 0.266 e. The van der Waals surface area contributed by atoms with Crippen molar-refractivity contribution < 1.29 is 8.91 Å². The number of para-hydroxylation sites is 1. The molecule has 0 fully saturated rings. The fraction of sp³-hybridized carbons (Fsp3) is 0.238. The van der Waals surface area contributed by atoms with Crippen molar-refractivity contribution in [3.8, 4) is 5.69 Å². The van der Waals surface area contributed by atoms with E-state index < -0.39 is 0 Å². The summed E-state index contributed by atoms with van der Waals surface area (Å²) >= 11 is 1.31. The fourth-order valence-electron chi connectivity index (χ4n) is 2.77. The van der Waals surface area contributed by atoms with Gasteiger partial charge in [0.05, 0.1) is 22.3 Å². The third-order valence-electron chi connectivity index (χ3n) is 4.29. The number of thioether (sulfide) groups is 1. The van der Waals surface area contributed by atoms with E-state index in [1.54, 1.807) is 30.3 Å². The second-order valence-electron chi connectivity index (χ2n) is 7.58. The highest BCUT2D eigenvalue weighted by Gasteiger charge is 2.21. The molecule has 2 heterocycles. The molecule has 29 heavy (non-hydrogen) atoms. The van der Waals surface area contributed by atoms with Crippen molar-refractivity contribution in [1.82, 2.24) is 19.7 Å². The van der Waals surface area contributed by atoms with E-state index >= 15 is 0 Å². The molecule has 0 saturated carbocycles. The molecule has 0 aliphatic rings. The van der Waals surface area contributed by atoms with Gasteiger partial charge in [-0.2, -0.15) is 4.98 Å². The minimum absolute atomic E-state index is 0.217. The Labute approximate surface area is 170 Å². The first-order chi connectivity index (χ1) is 13.8. The van der Waals surface area contributed by atoms with Crippen LogP contribution in [0.4, 0.5) is 4.39 Å². The van der Waals surface area contributed by atoms with Gasteiger partial charge in [-0.05, 0) is 36.4 Å². The molecule has 0 spiro atoms. The van der Waals surface area contributed by atoms with E-state index in [1.807, 2.05) is 26.8 Å². The Kier molecular flexibility index (Phi) is 4.96. The smallest absolute Gasteiger partial charge is 0.266 e. The van der Waals surface area contributed by atoms with Crippen molar-refractivity contribution in [1.29, 1.82) is 0 Å². The van der Waals surface area contributed by atoms with Crippen LogP contribution in [0.5, 0.6) is 0 Å². The highest BCUT2D eigenvalue weighted by Crippen LogP contribution is 2.26. The zero-order valence-corrected chi connectivity index (χ0v) is 17.0. The Morgan fingerprint density at radius 3 is 2.48 bits per heavy atom. The molecule has 4 rings (SSSR count). The van der Waals surface area contributed by atoms with Crippen molar-refractivity contribution in [3.05, 3.63) is 76.4 Å². The minimum atomic E-state index is -0.370. The summed E-state index contributed by atoms with van der Waals surface area (Å²) in [6.45, 7) is 6.02. The number of aromatic nitrogens is 4. The SMILES string of the molecule is CC(C)(C)c1noc(CSc2nc3ccccc3c(=O)n2-c2ccc(F)cc2)n1. The first kappa shape index (κ1) is 19.3. The van der Waals surface area contributed by atoms with Crippen LogP contribution in [0.2, 0.25) is 0 Å². The van der Waals surface area contributed by atoms with Crippen LogP contribution in [-0.4, -0.2) is 19.7 Å². The lowest BCUT2D eigenvalue weighted by molar-refractivity contribution is 0.372. The number of hydrogen-bond acceptors (Lipinski definition) is 6. The van der Waals surface area contributed by atoms with E-state index in [1.165, 1.54) is 28.5 Å². The van der Waals surface area contributed by atoms with Gasteiger partial charge in [0.25, 0.3) is 5.56 Å². The maximum atomic E-state index is 13.4. The highest BCUT2D eigenvalue weighted by molar-refractivity contribution is 7.98. The van der Waals surface area contributed by atoms with Crippen molar-refractivity contribution in [2.45, 2.75) is 37.1 Å². The molecule has 4 aromatic rings. The van der Waals surface area contributed by atoms with Gasteiger partial charge >= 0.3 is 0 Å². The number of rotatable bonds is 4. The summed E-state index contributed by atoms with van der Waals surface area (Å²) in [5, 5.41) is 4.99. The molecule has 0 atom stereocenters. The van der Waals surface area contributed by atoms with Crippen LogP contribution < -0.4 is 5.56 Å². The molecule has 0 aliphatic heterocycles. The summed E-state index contributed by atoms with van der Waals surface area (Å²) in [5.74, 6) is 1.06. The molecule has 0 bridgehead atoms. The average molecular weight is 410 g/mol. The lowest BCUT2D eigenvalue weighted by Gasteiger charge is -2.12. The Morgan fingerprint density at radius 2 is 1.79 bits per heavy atom. The zero-order chi connectivity index (χ0) is 20.6. The number of benzene rings is 2. The molecule has 8 heteroatoms. The van der Waals surface area contributed by atoms with E-state index in [-0.39, 0.29) is 16.8 Å². The molecule has 0 saturated heterocycles. The van der Waals surface area contributed by atoms with Crippen molar-refractivity contribution in [2.24, 2.45) is 0 Å². The third-order valence-corrected chi connectivity index (χ3v) is 5.22. The molecular formula is C21H19FN4O2S. The van der Waals surface area contributed by atoms with E-state index in [0.29, 0.717) is 39.2 Å². The van der Waals surface area contributed by atoms with Gasteiger partial charge in [-0.25, -0.2) is 9.37 Å². The van der Waals surface area contributed by atoms with E-state index in [4.69, 9.17) is 4.52 Å². The predicted molar refractivity (Wildman–Crippen MR) is 110 cm³/mol. The predicted octanol–water partition coefficient (Wildman–Crippen LogP) is 4.50. The molecule has 148 valence electrons. The average Bonchev–Trinajstić information content (AvgIpc) is 3.17. The van der Waals surface area contributed by atoms with Crippen LogP contribution in [0, 0.1) is 5.82 Å². The molecule has 0 amide bonds. The van der Waals surface area contributed by atoms with E-state index in [2.05, 4.69) is 15.1 Å². The van der Waals surface area contributed by atoms with Crippen molar-refractivity contribution in [3.63, 3.8) is 0 Å². The van der Waals surface area contributed by atoms with Gasteiger partial charge in [0, 0.05) is 5.41 Å². The molecule has 0 radical (unpaired) electrons. The first-order valence-electron chi connectivity index (χ1n) is 9.06. The molecule has 6 nitrogen and oxygen atoms in total. The number of hydrogen-bond donors (Lipinski definition) is 0. The number of nitrogens with zero attached hydrogens (tertiary/aromatic N) is 4. The molecular weight excluding hydrogens is 391 g/mol. The largest absolute Gasteiger partial charge is 0.338 e. The lowest BCUT2D eigenvalue weighted by Crippen LogP contribution is -2.21. The Balaban J connectivity index is 1.76. The molecule has 0 aliphatic carbocycles. The zero-order valence-electron chi connectivity index (χ0n) is 16.2. The monoisotopic (exact) mass is 410 g/mol. The van der Waals surface area contributed by atoms with Gasteiger partial charge in [0.1, 0.15) is 5.82 Å². The van der Waals surface area contributed by atoms with Crippen LogP contribution >= 0.6 is 11.8 Å². The van der Waals surface area contributed by atoms with Crippen LogP contribution in [0.15, 0.2) is 63.0 Å². The Hall–Kier alpha value is -3.00. The lowest BCUT2D eigenvalue weighted by atomic mass is 9.96. The first-order valence-corrected chi connectivity index (χ1v) is 10.0. The summed E-state index contributed by atoms with van der Waals surface area (Å²) in [6, 6.07) is 12.9. The molecule has 2 aromatic carbocycles. The Morgan fingerprint density at radius 1 is 1.07 bits per heavy atom. The van der Waals surface area contributed by atoms with Gasteiger partial charge in [-0.15, -0.1) is 0 Å². The van der Waals surface area contributed by atoms with E-state index in [0.717, 1.165) is 0 Å². The second kappa shape index (κ2) is 7.44. The summed E-state index contributed by atoms with van der Waals surface area (Å²) in [4.78, 5) is 22.2. The van der Waals surface area contributed by atoms with Crippen LogP contribution in [0.25, 0.3) is 16.6 Å². The summed E-state index contributed by atoms with van der Waals surface area (Å²) in [6.07, 6.45) is 0. The summed E-state index contributed by atoms with van der Waals surface area (Å²) < 4.78 is 20.2. The van der Waals surface area contributed by atoms with Gasteiger partial charge in [0.15, 0.2) is 11.0 Å². The highest BCUT2D eigenvalue weighted by atomic mass is 32.2. The topological polar surface area (TPSA) is 73.8 Å². The van der Waals surface area contributed by atoms with Crippen LogP contribution in [0.3, 0.4) is 0 Å². The third kappa shape index (κ3) is 3.93. The second-order valence-corrected chi connectivity index (χ2v) is 8.52. The standard InChI is InChI=1S/C21H19FN4O2S/c1-21(2,3)19-24-17(28-25-19)12-29-20-23-16-7-5-4-6-15(16)18(27)26(20)14-10-8-13(22)9-11-14/h4-11H,12H2,1-3H3. The van der Waals surface area contributed by atoms with Crippen molar-refractivity contribution in [2.75, 3.05) is 0 Å². The molecule has 2 aromatic heterocycles. The maximum absolute atomic E-state index is 13.4. The van der Waals surface area contributed by atoms with Gasteiger partial charge in [-0.3, -0.25) is 9.36 Å². The van der Waals surface area contributed by atoms with Crippen LogP contribution in [-0.2, 0) is 11.2 Å². The quantitative estimate of drug-likeness (QED) is 0.364.